The fraction of sp³-hybridized carbons (Fsp3) is 0.923. The zero-order valence-corrected chi connectivity index (χ0v) is 11.3. The molecule has 2 aliphatic heterocycles. The molecule has 116 valence electrons. The first-order valence-electron chi connectivity index (χ1n) is 7.12. The van der Waals surface area contributed by atoms with E-state index in [1.807, 2.05) is 0 Å². The van der Waals surface area contributed by atoms with Crippen LogP contribution in [0.3, 0.4) is 0 Å². The van der Waals surface area contributed by atoms with E-state index in [0.717, 1.165) is 26.1 Å². The van der Waals surface area contributed by atoms with E-state index in [-0.39, 0.29) is 25.3 Å². The van der Waals surface area contributed by atoms with Crippen molar-refractivity contribution in [3.63, 3.8) is 0 Å². The zero-order chi connectivity index (χ0) is 14.6. The minimum Gasteiger partial charge on any atom is -0.381 e. The molecule has 2 aliphatic rings. The summed E-state index contributed by atoms with van der Waals surface area (Å²) in [5.41, 5.74) is 0. The third-order valence-electron chi connectivity index (χ3n) is 4.10. The number of hydrogen-bond acceptors (Lipinski definition) is 3. The predicted octanol–water partition coefficient (Wildman–Crippen LogP) is 1.46. The molecule has 7 heteroatoms. The van der Waals surface area contributed by atoms with Gasteiger partial charge in [0.25, 0.3) is 0 Å². The van der Waals surface area contributed by atoms with Gasteiger partial charge in [0.05, 0.1) is 12.0 Å². The van der Waals surface area contributed by atoms with Gasteiger partial charge < -0.3 is 15.4 Å². The lowest BCUT2D eigenvalue weighted by atomic mass is 9.93. The first-order valence-corrected chi connectivity index (χ1v) is 7.12. The van der Waals surface area contributed by atoms with Crippen molar-refractivity contribution in [2.45, 2.75) is 37.9 Å². The smallest absolute Gasteiger partial charge is 0.381 e. The van der Waals surface area contributed by atoms with E-state index in [2.05, 4.69) is 10.6 Å². The largest absolute Gasteiger partial charge is 0.393 e. The highest BCUT2D eigenvalue weighted by Gasteiger charge is 2.42. The van der Waals surface area contributed by atoms with E-state index >= 15 is 0 Å². The molecule has 2 fully saturated rings. The summed E-state index contributed by atoms with van der Waals surface area (Å²) < 4.78 is 42.8. The SMILES string of the molecule is O=C(NCC1CCOCC1)C1CCC(C(F)(F)F)CN1. The molecule has 2 N–H and O–H groups in total. The fourth-order valence-electron chi connectivity index (χ4n) is 2.68. The Labute approximate surface area is 116 Å². The van der Waals surface area contributed by atoms with Gasteiger partial charge in [-0.05, 0) is 31.6 Å². The number of amides is 1. The van der Waals surface area contributed by atoms with Gasteiger partial charge in [0.2, 0.25) is 5.91 Å². The van der Waals surface area contributed by atoms with Crippen LogP contribution in [0.25, 0.3) is 0 Å². The van der Waals surface area contributed by atoms with Crippen molar-refractivity contribution in [3.8, 4) is 0 Å². The molecule has 4 nitrogen and oxygen atoms in total. The van der Waals surface area contributed by atoms with Gasteiger partial charge in [-0.3, -0.25) is 4.79 Å². The molecule has 2 rings (SSSR count). The molecule has 2 atom stereocenters. The number of alkyl halides is 3. The molecular formula is C13H21F3N2O2. The van der Waals surface area contributed by atoms with Gasteiger partial charge in [0.15, 0.2) is 0 Å². The van der Waals surface area contributed by atoms with Crippen LogP contribution in [-0.4, -0.2) is 44.4 Å². The second kappa shape index (κ2) is 6.76. The first kappa shape index (κ1) is 15.6. The average Bonchev–Trinajstić information content (AvgIpc) is 2.45. The number of piperidine rings is 1. The van der Waals surface area contributed by atoms with Crippen molar-refractivity contribution in [1.29, 1.82) is 0 Å². The highest BCUT2D eigenvalue weighted by atomic mass is 19.4. The standard InChI is InChI=1S/C13H21F3N2O2/c14-13(15,16)10-1-2-11(17-8-10)12(19)18-7-9-3-5-20-6-4-9/h9-11,17H,1-8H2,(H,18,19). The van der Waals surface area contributed by atoms with Crippen LogP contribution >= 0.6 is 0 Å². The third kappa shape index (κ3) is 4.34. The second-order valence-corrected chi connectivity index (χ2v) is 5.58. The molecule has 2 saturated heterocycles. The second-order valence-electron chi connectivity index (χ2n) is 5.58. The molecule has 1 amide bonds. The third-order valence-corrected chi connectivity index (χ3v) is 4.10. The number of rotatable bonds is 3. The maximum Gasteiger partial charge on any atom is 0.393 e. The van der Waals surface area contributed by atoms with Crippen LogP contribution < -0.4 is 10.6 Å². The molecule has 0 aromatic heterocycles. The van der Waals surface area contributed by atoms with E-state index in [1.54, 1.807) is 0 Å². The predicted molar refractivity (Wildman–Crippen MR) is 67.1 cm³/mol. The van der Waals surface area contributed by atoms with Gasteiger partial charge in [0, 0.05) is 26.3 Å². The van der Waals surface area contributed by atoms with Gasteiger partial charge >= 0.3 is 6.18 Å². The monoisotopic (exact) mass is 294 g/mol. The van der Waals surface area contributed by atoms with Crippen molar-refractivity contribution in [2.75, 3.05) is 26.3 Å². The topological polar surface area (TPSA) is 50.4 Å². The minimum atomic E-state index is -4.17. The summed E-state index contributed by atoms with van der Waals surface area (Å²) in [5, 5.41) is 5.54. The lowest BCUT2D eigenvalue weighted by Gasteiger charge is -2.31. The molecule has 0 aromatic rings. The fourth-order valence-corrected chi connectivity index (χ4v) is 2.68. The van der Waals surface area contributed by atoms with E-state index < -0.39 is 18.1 Å². The van der Waals surface area contributed by atoms with Gasteiger partial charge in [-0.25, -0.2) is 0 Å². The number of ether oxygens (including phenoxy) is 1. The highest BCUT2D eigenvalue weighted by molar-refractivity contribution is 5.81. The summed E-state index contributed by atoms with van der Waals surface area (Å²) in [7, 11) is 0. The Morgan fingerprint density at radius 3 is 2.45 bits per heavy atom. The van der Waals surface area contributed by atoms with Crippen LogP contribution in [0, 0.1) is 11.8 Å². The molecule has 0 radical (unpaired) electrons. The molecule has 0 spiro atoms. The number of carbonyl (C=O) groups is 1. The van der Waals surface area contributed by atoms with Gasteiger partial charge in [-0.2, -0.15) is 13.2 Å². The summed E-state index contributed by atoms with van der Waals surface area (Å²) in [6.45, 7) is 1.85. The van der Waals surface area contributed by atoms with Gasteiger partial charge in [-0.1, -0.05) is 0 Å². The summed E-state index contributed by atoms with van der Waals surface area (Å²) in [4.78, 5) is 11.9. The number of halogens is 3. The summed E-state index contributed by atoms with van der Waals surface area (Å²) in [6.07, 6.45) is -2.06. The molecule has 2 unspecified atom stereocenters. The first-order chi connectivity index (χ1) is 9.47. The number of carbonyl (C=O) groups excluding carboxylic acids is 1. The molecule has 0 aliphatic carbocycles. The Balaban J connectivity index is 1.69. The van der Waals surface area contributed by atoms with Crippen LogP contribution in [0.4, 0.5) is 13.2 Å². The van der Waals surface area contributed by atoms with Crippen LogP contribution in [0.5, 0.6) is 0 Å². The van der Waals surface area contributed by atoms with Crippen molar-refractivity contribution >= 4 is 5.91 Å². The van der Waals surface area contributed by atoms with Crippen LogP contribution in [0.2, 0.25) is 0 Å². The Kier molecular flexibility index (Phi) is 5.26. The van der Waals surface area contributed by atoms with Crippen molar-refractivity contribution in [3.05, 3.63) is 0 Å². The minimum absolute atomic E-state index is 0.0197. The van der Waals surface area contributed by atoms with Crippen LogP contribution in [-0.2, 0) is 9.53 Å². The molecular weight excluding hydrogens is 273 g/mol. The Bertz CT molecular complexity index is 322. The van der Waals surface area contributed by atoms with Crippen LogP contribution in [0.15, 0.2) is 0 Å². The van der Waals surface area contributed by atoms with Gasteiger partial charge in [0.1, 0.15) is 0 Å². The summed E-state index contributed by atoms with van der Waals surface area (Å²) in [6, 6.07) is -0.492. The zero-order valence-electron chi connectivity index (χ0n) is 11.3. The molecule has 20 heavy (non-hydrogen) atoms. The normalized spacial score (nSPS) is 29.1. The average molecular weight is 294 g/mol. The van der Waals surface area contributed by atoms with Crippen molar-refractivity contribution in [2.24, 2.45) is 11.8 Å². The highest BCUT2D eigenvalue weighted by Crippen LogP contribution is 2.31. The van der Waals surface area contributed by atoms with Crippen molar-refractivity contribution in [1.82, 2.24) is 10.6 Å². The molecule has 2 heterocycles. The van der Waals surface area contributed by atoms with E-state index in [4.69, 9.17) is 4.74 Å². The maximum absolute atomic E-state index is 12.5. The Morgan fingerprint density at radius 1 is 1.20 bits per heavy atom. The summed E-state index contributed by atoms with van der Waals surface area (Å²) in [5.74, 6) is -1.10. The van der Waals surface area contributed by atoms with Gasteiger partial charge in [-0.15, -0.1) is 0 Å². The Hall–Kier alpha value is -0.820. The number of hydrogen-bond donors (Lipinski definition) is 2. The molecule has 0 saturated carbocycles. The lowest BCUT2D eigenvalue weighted by Crippen LogP contribution is -2.52. The quantitative estimate of drug-likeness (QED) is 0.828. The van der Waals surface area contributed by atoms with E-state index in [1.165, 1.54) is 0 Å². The Morgan fingerprint density at radius 2 is 1.90 bits per heavy atom. The van der Waals surface area contributed by atoms with Crippen LogP contribution in [0.1, 0.15) is 25.7 Å². The van der Waals surface area contributed by atoms with Crippen molar-refractivity contribution < 1.29 is 22.7 Å². The lowest BCUT2D eigenvalue weighted by molar-refractivity contribution is -0.180. The summed E-state index contributed by atoms with van der Waals surface area (Å²) >= 11 is 0. The number of nitrogens with one attached hydrogen (secondary N) is 2. The van der Waals surface area contributed by atoms with E-state index in [0.29, 0.717) is 12.5 Å². The molecule has 0 aromatic carbocycles. The molecule has 0 bridgehead atoms. The maximum atomic E-state index is 12.5. The van der Waals surface area contributed by atoms with E-state index in [9.17, 15) is 18.0 Å².